The van der Waals surface area contributed by atoms with Crippen LogP contribution in [-0.2, 0) is 0 Å². The van der Waals surface area contributed by atoms with Crippen LogP contribution >= 0.6 is 0 Å². The van der Waals surface area contributed by atoms with E-state index in [9.17, 15) is 4.39 Å². The van der Waals surface area contributed by atoms with Crippen molar-refractivity contribution < 1.29 is 4.39 Å². The standard InChI is InChI=1S/C14H18FN3/c15-11-5-3-4-10(8-11)12-9-13(12)18-14-16-6-1-2-7-17-14/h3-5,8,12-13H,1-2,6-7,9H2,(H2,16,17,18)/t12-,13+/m0/s1. The minimum absolute atomic E-state index is 0.150. The van der Waals surface area contributed by atoms with Gasteiger partial charge in [-0.15, -0.1) is 0 Å². The third kappa shape index (κ3) is 2.63. The highest BCUT2D eigenvalue weighted by atomic mass is 19.1. The zero-order valence-electron chi connectivity index (χ0n) is 10.3. The van der Waals surface area contributed by atoms with Gasteiger partial charge in [0.15, 0.2) is 5.96 Å². The number of benzene rings is 1. The second kappa shape index (κ2) is 4.96. The fraction of sp³-hybridized carbons (Fsp3) is 0.500. The maximum atomic E-state index is 13.1. The largest absolute Gasteiger partial charge is 0.356 e. The quantitative estimate of drug-likeness (QED) is 0.838. The van der Waals surface area contributed by atoms with Crippen molar-refractivity contribution in [3.8, 4) is 0 Å². The summed E-state index contributed by atoms with van der Waals surface area (Å²) >= 11 is 0. The molecule has 1 aliphatic heterocycles. The average Bonchev–Trinajstić information content (AvgIpc) is 3.14. The summed E-state index contributed by atoms with van der Waals surface area (Å²) in [6.07, 6.45) is 3.38. The van der Waals surface area contributed by atoms with E-state index < -0.39 is 0 Å². The Balaban J connectivity index is 1.59. The summed E-state index contributed by atoms with van der Waals surface area (Å²) in [5.41, 5.74) is 1.08. The number of hydrogen-bond acceptors (Lipinski definition) is 3. The van der Waals surface area contributed by atoms with Crippen LogP contribution in [0.5, 0.6) is 0 Å². The van der Waals surface area contributed by atoms with Crippen molar-refractivity contribution in [1.29, 1.82) is 0 Å². The van der Waals surface area contributed by atoms with E-state index in [1.807, 2.05) is 6.07 Å². The SMILES string of the molecule is Fc1cccc([C@@H]2C[C@H]2NC2=NCCCCN2)c1. The first kappa shape index (κ1) is 11.5. The third-order valence-corrected chi connectivity index (χ3v) is 3.54. The van der Waals surface area contributed by atoms with Gasteiger partial charge in [0.1, 0.15) is 5.82 Å². The molecule has 1 aliphatic carbocycles. The van der Waals surface area contributed by atoms with Gasteiger partial charge >= 0.3 is 0 Å². The highest BCUT2D eigenvalue weighted by Crippen LogP contribution is 2.40. The summed E-state index contributed by atoms with van der Waals surface area (Å²) in [5.74, 6) is 1.19. The van der Waals surface area contributed by atoms with Crippen LogP contribution in [-0.4, -0.2) is 25.1 Å². The lowest BCUT2D eigenvalue weighted by molar-refractivity contribution is 0.625. The summed E-state index contributed by atoms with van der Waals surface area (Å²) in [5, 5.41) is 6.72. The lowest BCUT2D eigenvalue weighted by Gasteiger charge is -2.09. The molecule has 1 aromatic carbocycles. The van der Waals surface area contributed by atoms with E-state index in [0.29, 0.717) is 12.0 Å². The molecule has 0 unspecified atom stereocenters. The predicted molar refractivity (Wildman–Crippen MR) is 70.2 cm³/mol. The Morgan fingerprint density at radius 2 is 2.28 bits per heavy atom. The summed E-state index contributed by atoms with van der Waals surface area (Å²) in [4.78, 5) is 4.47. The Hall–Kier alpha value is -1.58. The van der Waals surface area contributed by atoms with Crippen molar-refractivity contribution in [3.63, 3.8) is 0 Å². The highest BCUT2D eigenvalue weighted by molar-refractivity contribution is 5.80. The first-order valence-corrected chi connectivity index (χ1v) is 6.63. The number of aliphatic imine (C=N–C) groups is 1. The molecular formula is C14H18FN3. The van der Waals surface area contributed by atoms with Gasteiger partial charge < -0.3 is 10.6 Å². The summed E-state index contributed by atoms with van der Waals surface area (Å²) < 4.78 is 13.1. The molecule has 3 nitrogen and oxygen atoms in total. The highest BCUT2D eigenvalue weighted by Gasteiger charge is 2.39. The van der Waals surface area contributed by atoms with Crippen LogP contribution in [0.25, 0.3) is 0 Å². The number of nitrogens with zero attached hydrogens (tertiary/aromatic N) is 1. The Morgan fingerprint density at radius 1 is 1.33 bits per heavy atom. The van der Waals surface area contributed by atoms with E-state index in [-0.39, 0.29) is 5.82 Å². The van der Waals surface area contributed by atoms with E-state index in [1.54, 1.807) is 12.1 Å². The fourth-order valence-corrected chi connectivity index (χ4v) is 2.42. The average molecular weight is 247 g/mol. The molecule has 2 aliphatic rings. The van der Waals surface area contributed by atoms with E-state index in [2.05, 4.69) is 15.6 Å². The van der Waals surface area contributed by atoms with Crippen molar-refractivity contribution in [2.24, 2.45) is 4.99 Å². The normalized spacial score (nSPS) is 26.8. The number of nitrogens with one attached hydrogen (secondary N) is 2. The third-order valence-electron chi connectivity index (χ3n) is 3.54. The Labute approximate surface area is 106 Å². The molecule has 18 heavy (non-hydrogen) atoms. The number of guanidine groups is 1. The monoisotopic (exact) mass is 247 g/mol. The fourth-order valence-electron chi connectivity index (χ4n) is 2.42. The Kier molecular flexibility index (Phi) is 3.17. The molecule has 1 heterocycles. The number of hydrogen-bond donors (Lipinski definition) is 2. The Morgan fingerprint density at radius 3 is 3.17 bits per heavy atom. The van der Waals surface area contributed by atoms with E-state index in [1.165, 1.54) is 12.5 Å². The minimum atomic E-state index is -0.150. The summed E-state index contributed by atoms with van der Waals surface area (Å²) in [6, 6.07) is 7.30. The molecule has 0 bridgehead atoms. The molecule has 0 amide bonds. The Bertz CT molecular complexity index is 458. The van der Waals surface area contributed by atoms with Gasteiger partial charge in [-0.2, -0.15) is 0 Å². The zero-order chi connectivity index (χ0) is 12.4. The molecule has 0 aromatic heterocycles. The second-order valence-corrected chi connectivity index (χ2v) is 5.01. The summed E-state index contributed by atoms with van der Waals surface area (Å²) in [7, 11) is 0. The lowest BCUT2D eigenvalue weighted by atomic mass is 10.1. The molecule has 1 fully saturated rings. The molecule has 3 rings (SSSR count). The van der Waals surface area contributed by atoms with Crippen LogP contribution in [0, 0.1) is 5.82 Å². The van der Waals surface area contributed by atoms with Crippen LogP contribution in [0.4, 0.5) is 4.39 Å². The van der Waals surface area contributed by atoms with Gasteiger partial charge in [0.25, 0.3) is 0 Å². The predicted octanol–water partition coefficient (Wildman–Crippen LogP) is 2.01. The molecule has 0 radical (unpaired) electrons. The molecular weight excluding hydrogens is 229 g/mol. The molecule has 0 spiro atoms. The molecule has 2 N–H and O–H groups in total. The number of rotatable bonds is 2. The van der Waals surface area contributed by atoms with Crippen molar-refractivity contribution in [2.45, 2.75) is 31.2 Å². The van der Waals surface area contributed by atoms with Crippen molar-refractivity contribution in [3.05, 3.63) is 35.6 Å². The van der Waals surface area contributed by atoms with Gasteiger partial charge in [-0.25, -0.2) is 4.39 Å². The molecule has 1 aromatic rings. The minimum Gasteiger partial charge on any atom is -0.356 e. The molecule has 1 saturated carbocycles. The van der Waals surface area contributed by atoms with Gasteiger partial charge in [-0.1, -0.05) is 12.1 Å². The number of halogens is 1. The van der Waals surface area contributed by atoms with Gasteiger partial charge in [0.05, 0.1) is 0 Å². The molecule has 96 valence electrons. The van der Waals surface area contributed by atoms with Crippen LogP contribution in [0.2, 0.25) is 0 Å². The van der Waals surface area contributed by atoms with E-state index in [0.717, 1.165) is 37.5 Å². The van der Waals surface area contributed by atoms with Crippen molar-refractivity contribution in [1.82, 2.24) is 10.6 Å². The molecule has 2 atom stereocenters. The lowest BCUT2D eigenvalue weighted by Crippen LogP contribution is -2.38. The van der Waals surface area contributed by atoms with Crippen LogP contribution in [0.15, 0.2) is 29.3 Å². The van der Waals surface area contributed by atoms with Crippen LogP contribution < -0.4 is 10.6 Å². The van der Waals surface area contributed by atoms with Gasteiger partial charge in [-0.3, -0.25) is 4.99 Å². The van der Waals surface area contributed by atoms with Crippen molar-refractivity contribution >= 4 is 5.96 Å². The molecule has 4 heteroatoms. The first-order chi connectivity index (χ1) is 8.83. The second-order valence-electron chi connectivity index (χ2n) is 5.01. The summed E-state index contributed by atoms with van der Waals surface area (Å²) in [6.45, 7) is 1.88. The molecule has 0 saturated heterocycles. The smallest absolute Gasteiger partial charge is 0.191 e. The van der Waals surface area contributed by atoms with Crippen LogP contribution in [0.3, 0.4) is 0 Å². The van der Waals surface area contributed by atoms with Gasteiger partial charge in [-0.05, 0) is 37.0 Å². The zero-order valence-corrected chi connectivity index (χ0v) is 10.3. The van der Waals surface area contributed by atoms with E-state index in [4.69, 9.17) is 0 Å². The maximum Gasteiger partial charge on any atom is 0.191 e. The first-order valence-electron chi connectivity index (χ1n) is 6.63. The van der Waals surface area contributed by atoms with Gasteiger partial charge in [0, 0.05) is 25.0 Å². The van der Waals surface area contributed by atoms with Gasteiger partial charge in [0.2, 0.25) is 0 Å². The van der Waals surface area contributed by atoms with E-state index >= 15 is 0 Å². The van der Waals surface area contributed by atoms with Crippen molar-refractivity contribution in [2.75, 3.05) is 13.1 Å². The van der Waals surface area contributed by atoms with Crippen LogP contribution in [0.1, 0.15) is 30.7 Å². The topological polar surface area (TPSA) is 36.4 Å². The maximum absolute atomic E-state index is 13.1.